The average Bonchev–Trinajstić information content (AvgIpc) is 3.12. The Balaban J connectivity index is 1.52. The number of rotatable bonds is 6. The topological polar surface area (TPSA) is 81.7 Å². The molecule has 0 unspecified atom stereocenters. The van der Waals surface area contributed by atoms with E-state index in [0.29, 0.717) is 28.6 Å². The second kappa shape index (κ2) is 8.54. The summed E-state index contributed by atoms with van der Waals surface area (Å²) in [6.07, 6.45) is 0.461. The average molecular weight is 408 g/mol. The normalized spacial score (nSPS) is 15.4. The Labute approximate surface area is 165 Å². The molecule has 1 atom stereocenters. The van der Waals surface area contributed by atoms with Crippen LogP contribution in [0.15, 0.2) is 30.3 Å². The number of carbonyl (C=O) groups excluding carboxylic acids is 3. The lowest BCUT2D eigenvalue weighted by Gasteiger charge is -2.24. The van der Waals surface area contributed by atoms with Crippen LogP contribution in [0, 0.1) is 5.92 Å². The van der Waals surface area contributed by atoms with E-state index in [4.69, 9.17) is 21.1 Å². The number of fused-ring (bicyclic) bond motifs is 1. The number of hydrogen-bond acceptors (Lipinski definition) is 6. The number of nitrogens with one attached hydrogen (secondary N) is 1. The first-order chi connectivity index (χ1) is 12.9. The van der Waals surface area contributed by atoms with Crippen molar-refractivity contribution < 1.29 is 23.9 Å². The van der Waals surface area contributed by atoms with Gasteiger partial charge in [-0.25, -0.2) is 0 Å². The van der Waals surface area contributed by atoms with Crippen LogP contribution in [0.1, 0.15) is 27.0 Å². The molecule has 1 aliphatic rings. The molecule has 8 heteroatoms. The van der Waals surface area contributed by atoms with E-state index in [2.05, 4.69) is 5.32 Å². The van der Waals surface area contributed by atoms with Crippen molar-refractivity contribution in [3.8, 4) is 5.75 Å². The van der Waals surface area contributed by atoms with Gasteiger partial charge >= 0.3 is 5.97 Å². The number of benzene rings is 1. The molecule has 6 nitrogen and oxygen atoms in total. The van der Waals surface area contributed by atoms with Crippen molar-refractivity contribution in [1.29, 1.82) is 0 Å². The molecule has 0 saturated heterocycles. The van der Waals surface area contributed by atoms with Crippen LogP contribution in [-0.2, 0) is 27.3 Å². The molecule has 27 heavy (non-hydrogen) atoms. The summed E-state index contributed by atoms with van der Waals surface area (Å²) in [4.78, 5) is 36.8. The van der Waals surface area contributed by atoms with Crippen LogP contribution in [-0.4, -0.2) is 30.9 Å². The fourth-order valence-electron chi connectivity index (χ4n) is 2.67. The van der Waals surface area contributed by atoms with E-state index < -0.39 is 11.9 Å². The number of carbonyl (C=O) groups is 3. The first kappa shape index (κ1) is 19.4. The van der Waals surface area contributed by atoms with Crippen LogP contribution >= 0.6 is 22.9 Å². The summed E-state index contributed by atoms with van der Waals surface area (Å²) in [6, 6.07) is 8.71. The summed E-state index contributed by atoms with van der Waals surface area (Å²) in [5, 5.41) is 3.25. The van der Waals surface area contributed by atoms with Crippen molar-refractivity contribution >= 4 is 40.6 Å². The molecule has 1 N–H and O–H groups in total. The molecule has 0 fully saturated rings. The molecule has 1 aromatic carbocycles. The minimum Gasteiger partial charge on any atom is -0.492 e. The molecular weight excluding hydrogens is 390 g/mol. The van der Waals surface area contributed by atoms with Crippen molar-refractivity contribution in [3.63, 3.8) is 0 Å². The molecule has 1 aliphatic heterocycles. The molecule has 1 amide bonds. The summed E-state index contributed by atoms with van der Waals surface area (Å²) in [5.41, 5.74) is 0.850. The number of hydrogen-bond donors (Lipinski definition) is 1. The lowest BCUT2D eigenvalue weighted by molar-refractivity contribution is -0.148. The fourth-order valence-corrected chi connectivity index (χ4v) is 3.74. The number of ether oxygens (including phenoxy) is 2. The third-order valence-electron chi connectivity index (χ3n) is 4.06. The highest BCUT2D eigenvalue weighted by Gasteiger charge is 2.28. The zero-order chi connectivity index (χ0) is 19.4. The molecule has 0 aliphatic carbocycles. The van der Waals surface area contributed by atoms with Crippen LogP contribution in [0.25, 0.3) is 0 Å². The first-order valence-corrected chi connectivity index (χ1v) is 9.56. The van der Waals surface area contributed by atoms with E-state index in [1.807, 2.05) is 0 Å². The van der Waals surface area contributed by atoms with Gasteiger partial charge in [0.1, 0.15) is 12.4 Å². The zero-order valence-electron chi connectivity index (χ0n) is 14.6. The van der Waals surface area contributed by atoms with Gasteiger partial charge in [0.05, 0.1) is 17.3 Å². The van der Waals surface area contributed by atoms with Gasteiger partial charge in [0.15, 0.2) is 6.61 Å². The molecule has 0 radical (unpaired) electrons. The van der Waals surface area contributed by atoms with Crippen LogP contribution in [0.2, 0.25) is 5.02 Å². The Kier molecular flexibility index (Phi) is 6.13. The Morgan fingerprint density at radius 2 is 2.11 bits per heavy atom. The lowest BCUT2D eigenvalue weighted by atomic mass is 9.97. The number of esters is 1. The van der Waals surface area contributed by atoms with Gasteiger partial charge in [0.2, 0.25) is 11.7 Å². The number of ketones is 1. The Morgan fingerprint density at radius 3 is 2.89 bits per heavy atom. The minimum absolute atomic E-state index is 0.136. The minimum atomic E-state index is -0.470. The van der Waals surface area contributed by atoms with Crippen LogP contribution in [0.4, 0.5) is 0 Å². The highest BCUT2D eigenvalue weighted by Crippen LogP contribution is 2.30. The van der Waals surface area contributed by atoms with Gasteiger partial charge in [0, 0.05) is 16.8 Å². The van der Waals surface area contributed by atoms with Gasteiger partial charge in [-0.1, -0.05) is 11.6 Å². The quantitative estimate of drug-likeness (QED) is 0.588. The van der Waals surface area contributed by atoms with E-state index in [9.17, 15) is 14.4 Å². The summed E-state index contributed by atoms with van der Waals surface area (Å²) < 4.78 is 10.8. The monoisotopic (exact) mass is 407 g/mol. The second-order valence-corrected chi connectivity index (χ2v) is 7.78. The van der Waals surface area contributed by atoms with Gasteiger partial charge in [0.25, 0.3) is 0 Å². The van der Waals surface area contributed by atoms with Gasteiger partial charge < -0.3 is 14.8 Å². The Bertz CT molecular complexity index is 879. The molecular formula is C19H18ClNO5S. The standard InChI is InChI=1S/C19H18ClNO5S/c1-11(22)21-8-15-3-5-18(27-15)16(23)10-26-19(24)13-6-12-7-14(20)2-4-17(12)25-9-13/h2-5,7,13H,6,8-10H2,1H3,(H,21,22)/t13-/m0/s1. The number of thiophene rings is 1. The second-order valence-electron chi connectivity index (χ2n) is 6.17. The molecule has 0 saturated carbocycles. The first-order valence-electron chi connectivity index (χ1n) is 8.36. The van der Waals surface area contributed by atoms with Gasteiger partial charge in [-0.15, -0.1) is 11.3 Å². The molecule has 2 heterocycles. The number of amides is 1. The Morgan fingerprint density at radius 1 is 1.30 bits per heavy atom. The summed E-state index contributed by atoms with van der Waals surface area (Å²) in [5.74, 6) is -0.637. The van der Waals surface area contributed by atoms with E-state index in [0.717, 1.165) is 10.4 Å². The molecule has 3 rings (SSSR count). The van der Waals surface area contributed by atoms with Crippen LogP contribution in [0.5, 0.6) is 5.75 Å². The summed E-state index contributed by atoms with van der Waals surface area (Å²) in [6.45, 7) is 1.69. The van der Waals surface area contributed by atoms with E-state index >= 15 is 0 Å². The summed E-state index contributed by atoms with van der Waals surface area (Å²) in [7, 11) is 0. The van der Waals surface area contributed by atoms with Crippen molar-refractivity contribution in [2.24, 2.45) is 5.92 Å². The molecule has 0 bridgehead atoms. The van der Waals surface area contributed by atoms with Crippen molar-refractivity contribution in [3.05, 3.63) is 50.7 Å². The number of halogens is 1. The maximum atomic E-state index is 12.3. The van der Waals surface area contributed by atoms with E-state index in [-0.39, 0.29) is 24.9 Å². The third-order valence-corrected chi connectivity index (χ3v) is 5.42. The highest BCUT2D eigenvalue weighted by molar-refractivity contribution is 7.14. The third kappa shape index (κ3) is 5.08. The SMILES string of the molecule is CC(=O)NCc1ccc(C(=O)COC(=O)[C@@H]2COc3ccc(Cl)cc3C2)s1. The van der Waals surface area contributed by atoms with Crippen LogP contribution in [0.3, 0.4) is 0 Å². The summed E-state index contributed by atoms with van der Waals surface area (Å²) >= 11 is 7.25. The zero-order valence-corrected chi connectivity index (χ0v) is 16.2. The maximum Gasteiger partial charge on any atom is 0.313 e. The Hall–Kier alpha value is -2.38. The van der Waals surface area contributed by atoms with Crippen LogP contribution < -0.4 is 10.1 Å². The number of Topliss-reactive ketones (excluding diaryl/α,β-unsaturated/α-hetero) is 1. The van der Waals surface area contributed by atoms with Crippen molar-refractivity contribution in [2.45, 2.75) is 19.9 Å². The highest BCUT2D eigenvalue weighted by atomic mass is 35.5. The lowest BCUT2D eigenvalue weighted by Crippen LogP contribution is -2.30. The van der Waals surface area contributed by atoms with Crippen molar-refractivity contribution in [2.75, 3.05) is 13.2 Å². The largest absolute Gasteiger partial charge is 0.492 e. The predicted molar refractivity (Wildman–Crippen MR) is 101 cm³/mol. The fraction of sp³-hybridized carbons (Fsp3) is 0.316. The molecule has 0 spiro atoms. The smallest absolute Gasteiger partial charge is 0.313 e. The molecule has 1 aromatic heterocycles. The molecule has 142 valence electrons. The van der Waals surface area contributed by atoms with Crippen molar-refractivity contribution in [1.82, 2.24) is 5.32 Å². The van der Waals surface area contributed by atoms with Gasteiger partial charge in [-0.3, -0.25) is 14.4 Å². The predicted octanol–water partition coefficient (Wildman–Crippen LogP) is 3.01. The van der Waals surface area contributed by atoms with E-state index in [1.54, 1.807) is 30.3 Å². The maximum absolute atomic E-state index is 12.3. The van der Waals surface area contributed by atoms with Gasteiger partial charge in [-0.2, -0.15) is 0 Å². The van der Waals surface area contributed by atoms with Gasteiger partial charge in [-0.05, 0) is 42.3 Å². The molecule has 2 aromatic rings. The van der Waals surface area contributed by atoms with E-state index in [1.165, 1.54) is 18.3 Å².